The van der Waals surface area contributed by atoms with Crippen molar-refractivity contribution in [3.63, 3.8) is 0 Å². The van der Waals surface area contributed by atoms with Crippen LogP contribution in [0.3, 0.4) is 0 Å². The van der Waals surface area contributed by atoms with Gasteiger partial charge in [-0.05, 0) is 55.2 Å². The molecule has 1 aliphatic rings. The number of carbonyl (C=O) groups excluding carboxylic acids is 2. The molecule has 142 valence electrons. The van der Waals surface area contributed by atoms with E-state index in [1.54, 1.807) is 30.3 Å². The van der Waals surface area contributed by atoms with Gasteiger partial charge in [0, 0.05) is 28.7 Å². The number of hydrogen-bond donors (Lipinski definition) is 2. The zero-order valence-electron chi connectivity index (χ0n) is 14.8. The third-order valence-electron chi connectivity index (χ3n) is 4.65. The molecule has 2 aromatic carbocycles. The Kier molecular flexibility index (Phi) is 6.24. The molecular formula is C20H21Cl2N3O2. The van der Waals surface area contributed by atoms with Gasteiger partial charge in [0.25, 0.3) is 0 Å². The Morgan fingerprint density at radius 3 is 2.33 bits per heavy atom. The Labute approximate surface area is 168 Å². The van der Waals surface area contributed by atoms with Crippen molar-refractivity contribution in [2.75, 3.05) is 23.3 Å². The van der Waals surface area contributed by atoms with Crippen molar-refractivity contribution in [3.8, 4) is 0 Å². The smallest absolute Gasteiger partial charge is 0.248 e. The summed E-state index contributed by atoms with van der Waals surface area (Å²) in [4.78, 5) is 26.4. The van der Waals surface area contributed by atoms with Crippen LogP contribution in [0.2, 0.25) is 10.0 Å². The zero-order valence-corrected chi connectivity index (χ0v) is 16.3. The van der Waals surface area contributed by atoms with Crippen molar-refractivity contribution < 1.29 is 9.59 Å². The summed E-state index contributed by atoms with van der Waals surface area (Å²) in [7, 11) is 0. The number of halogens is 2. The van der Waals surface area contributed by atoms with E-state index < -0.39 is 5.91 Å². The van der Waals surface area contributed by atoms with Crippen molar-refractivity contribution >= 4 is 46.4 Å². The lowest BCUT2D eigenvalue weighted by Gasteiger charge is -2.30. The summed E-state index contributed by atoms with van der Waals surface area (Å²) in [5.41, 5.74) is 7.79. The van der Waals surface area contributed by atoms with Crippen LogP contribution in [0.5, 0.6) is 0 Å². The van der Waals surface area contributed by atoms with Crippen LogP contribution in [-0.2, 0) is 11.2 Å². The number of carbonyl (C=O) groups is 2. The molecule has 0 bridgehead atoms. The highest BCUT2D eigenvalue weighted by atomic mass is 35.5. The quantitative estimate of drug-likeness (QED) is 0.779. The maximum atomic E-state index is 12.6. The number of hydrogen-bond acceptors (Lipinski definition) is 3. The molecule has 0 aromatic heterocycles. The van der Waals surface area contributed by atoms with Gasteiger partial charge in [0.05, 0.1) is 17.8 Å². The summed E-state index contributed by atoms with van der Waals surface area (Å²) < 4.78 is 0. The van der Waals surface area contributed by atoms with Gasteiger partial charge in [-0.15, -0.1) is 0 Å². The zero-order chi connectivity index (χ0) is 19.4. The molecule has 0 saturated carbocycles. The van der Waals surface area contributed by atoms with E-state index in [1.165, 1.54) is 6.42 Å². The van der Waals surface area contributed by atoms with E-state index in [4.69, 9.17) is 28.9 Å². The highest BCUT2D eigenvalue weighted by Gasteiger charge is 2.18. The molecule has 0 aliphatic carbocycles. The van der Waals surface area contributed by atoms with Crippen LogP contribution in [0.1, 0.15) is 35.2 Å². The summed E-state index contributed by atoms with van der Waals surface area (Å²) in [6.45, 7) is 1.82. The van der Waals surface area contributed by atoms with Gasteiger partial charge in [-0.1, -0.05) is 29.3 Å². The maximum Gasteiger partial charge on any atom is 0.248 e. The number of nitrogens with one attached hydrogen (secondary N) is 1. The molecule has 0 unspecified atom stereocenters. The highest BCUT2D eigenvalue weighted by Crippen LogP contribution is 2.31. The molecule has 0 spiro atoms. The molecule has 5 nitrogen and oxygen atoms in total. The van der Waals surface area contributed by atoms with Crippen LogP contribution in [0.4, 0.5) is 11.4 Å². The second kappa shape index (κ2) is 8.63. The first-order valence-corrected chi connectivity index (χ1v) is 9.63. The fraction of sp³-hybridized carbons (Fsp3) is 0.300. The fourth-order valence-corrected chi connectivity index (χ4v) is 3.79. The Hall–Kier alpha value is -2.24. The lowest BCUT2D eigenvalue weighted by Crippen LogP contribution is -2.30. The summed E-state index contributed by atoms with van der Waals surface area (Å²) >= 11 is 12.3. The Balaban J connectivity index is 1.86. The second-order valence-electron chi connectivity index (χ2n) is 6.57. The monoisotopic (exact) mass is 405 g/mol. The number of anilines is 2. The van der Waals surface area contributed by atoms with E-state index in [-0.39, 0.29) is 12.3 Å². The van der Waals surface area contributed by atoms with Crippen molar-refractivity contribution in [2.24, 2.45) is 5.73 Å². The third-order valence-corrected chi connectivity index (χ3v) is 5.36. The number of amides is 2. The third kappa shape index (κ3) is 4.73. The molecule has 0 radical (unpaired) electrons. The van der Waals surface area contributed by atoms with Crippen LogP contribution >= 0.6 is 23.2 Å². The molecule has 3 rings (SSSR count). The number of rotatable bonds is 5. The molecule has 3 N–H and O–H groups in total. The lowest BCUT2D eigenvalue weighted by atomic mass is 10.1. The predicted molar refractivity (Wildman–Crippen MR) is 110 cm³/mol. The summed E-state index contributed by atoms with van der Waals surface area (Å²) in [5, 5.41) is 3.79. The Bertz CT molecular complexity index is 844. The summed E-state index contributed by atoms with van der Waals surface area (Å²) in [5.74, 6) is -0.797. The van der Waals surface area contributed by atoms with Gasteiger partial charge in [-0.3, -0.25) is 9.59 Å². The topological polar surface area (TPSA) is 75.4 Å². The second-order valence-corrected chi connectivity index (χ2v) is 7.38. The predicted octanol–water partition coefficient (Wildman–Crippen LogP) is 4.26. The van der Waals surface area contributed by atoms with Gasteiger partial charge >= 0.3 is 0 Å². The van der Waals surface area contributed by atoms with Gasteiger partial charge in [0.15, 0.2) is 0 Å². The minimum atomic E-state index is -0.537. The fourth-order valence-electron chi connectivity index (χ4n) is 3.26. The van der Waals surface area contributed by atoms with E-state index in [1.807, 2.05) is 6.07 Å². The largest absolute Gasteiger partial charge is 0.370 e. The first kappa shape index (κ1) is 19.5. The van der Waals surface area contributed by atoms with Crippen LogP contribution < -0.4 is 16.0 Å². The molecule has 1 saturated heterocycles. The van der Waals surface area contributed by atoms with Crippen LogP contribution in [0, 0.1) is 0 Å². The minimum Gasteiger partial charge on any atom is -0.370 e. The minimum absolute atomic E-state index is 0.0404. The number of benzene rings is 2. The molecule has 1 heterocycles. The number of piperidine rings is 1. The average Bonchev–Trinajstić information content (AvgIpc) is 2.65. The van der Waals surface area contributed by atoms with Gasteiger partial charge in [-0.25, -0.2) is 0 Å². The van der Waals surface area contributed by atoms with Gasteiger partial charge in [-0.2, -0.15) is 0 Å². The van der Waals surface area contributed by atoms with Gasteiger partial charge < -0.3 is 16.0 Å². The highest BCUT2D eigenvalue weighted by molar-refractivity contribution is 6.36. The van der Waals surface area contributed by atoms with Crippen molar-refractivity contribution in [1.82, 2.24) is 0 Å². The first-order valence-electron chi connectivity index (χ1n) is 8.87. The van der Waals surface area contributed by atoms with E-state index in [0.29, 0.717) is 26.9 Å². The molecule has 1 aliphatic heterocycles. The normalized spacial score (nSPS) is 14.1. The molecule has 2 aromatic rings. The van der Waals surface area contributed by atoms with E-state index in [9.17, 15) is 9.59 Å². The van der Waals surface area contributed by atoms with E-state index in [2.05, 4.69) is 10.2 Å². The Morgan fingerprint density at radius 1 is 1.04 bits per heavy atom. The molecule has 2 amide bonds. The number of nitrogens with zero attached hydrogens (tertiary/aromatic N) is 1. The maximum absolute atomic E-state index is 12.6. The molecular weight excluding hydrogens is 385 g/mol. The van der Waals surface area contributed by atoms with Crippen LogP contribution in [0.15, 0.2) is 36.4 Å². The number of nitrogens with two attached hydrogens (primary N) is 1. The van der Waals surface area contributed by atoms with Crippen molar-refractivity contribution in [3.05, 3.63) is 57.6 Å². The van der Waals surface area contributed by atoms with Crippen LogP contribution in [-0.4, -0.2) is 24.9 Å². The van der Waals surface area contributed by atoms with Gasteiger partial charge in [0.2, 0.25) is 11.8 Å². The standard InChI is InChI=1S/C20H21Cl2N3O2/c21-15-5-4-6-16(22)14(15)12-19(26)24-17-11-13(20(23)27)7-8-18(17)25-9-2-1-3-10-25/h4-8,11H,1-3,9-10,12H2,(H2,23,27)(H,24,26). The average molecular weight is 406 g/mol. The molecule has 1 fully saturated rings. The Morgan fingerprint density at radius 2 is 1.70 bits per heavy atom. The first-order chi connectivity index (χ1) is 13.0. The summed E-state index contributed by atoms with van der Waals surface area (Å²) in [6, 6.07) is 10.3. The molecule has 0 atom stereocenters. The SMILES string of the molecule is NC(=O)c1ccc(N2CCCCC2)c(NC(=O)Cc2c(Cl)cccc2Cl)c1. The number of primary amides is 1. The molecule has 7 heteroatoms. The lowest BCUT2D eigenvalue weighted by molar-refractivity contribution is -0.115. The molecule has 27 heavy (non-hydrogen) atoms. The van der Waals surface area contributed by atoms with Gasteiger partial charge in [0.1, 0.15) is 0 Å². The van der Waals surface area contributed by atoms with E-state index in [0.717, 1.165) is 31.6 Å². The van der Waals surface area contributed by atoms with Crippen molar-refractivity contribution in [1.29, 1.82) is 0 Å². The van der Waals surface area contributed by atoms with Crippen LogP contribution in [0.25, 0.3) is 0 Å². The van der Waals surface area contributed by atoms with Crippen molar-refractivity contribution in [2.45, 2.75) is 25.7 Å². The van der Waals surface area contributed by atoms with E-state index >= 15 is 0 Å². The summed E-state index contributed by atoms with van der Waals surface area (Å²) in [6.07, 6.45) is 3.43.